The van der Waals surface area contributed by atoms with Crippen LogP contribution in [0.3, 0.4) is 0 Å². The molecule has 1 saturated carbocycles. The van der Waals surface area contributed by atoms with Gasteiger partial charge in [0.25, 0.3) is 0 Å². The van der Waals surface area contributed by atoms with Crippen LogP contribution in [0.4, 0.5) is 28.9 Å². The molecule has 0 heterocycles. The summed E-state index contributed by atoms with van der Waals surface area (Å²) >= 11 is 0. The Hall–Kier alpha value is -2.90. The molecule has 0 aliphatic heterocycles. The van der Waals surface area contributed by atoms with Crippen LogP contribution in [0.25, 0.3) is 0 Å². The molecule has 1 fully saturated rings. The standard InChI is InChI=1S/C18H14F4N2O2/c19-12-3-7-14(8-4-12)24-16(26)17(9-10-17)15(25)23-13-5-1-11(2-6-13)18(20,21)22/h1-8H,9-10H2,(H,23,25)(H,24,26). The van der Waals surface area contributed by atoms with Crippen molar-refractivity contribution in [1.29, 1.82) is 0 Å². The third-order valence-corrected chi connectivity index (χ3v) is 4.19. The number of anilines is 2. The molecule has 0 bridgehead atoms. The van der Waals surface area contributed by atoms with Gasteiger partial charge in [-0.25, -0.2) is 4.39 Å². The summed E-state index contributed by atoms with van der Waals surface area (Å²) < 4.78 is 50.6. The molecule has 136 valence electrons. The van der Waals surface area contributed by atoms with E-state index >= 15 is 0 Å². The summed E-state index contributed by atoms with van der Waals surface area (Å²) in [7, 11) is 0. The molecule has 0 saturated heterocycles. The first kappa shape index (κ1) is 17.9. The Labute approximate surface area is 146 Å². The van der Waals surface area contributed by atoms with E-state index in [1.54, 1.807) is 0 Å². The van der Waals surface area contributed by atoms with E-state index in [0.717, 1.165) is 24.3 Å². The lowest BCUT2D eigenvalue weighted by molar-refractivity contribution is -0.137. The fraction of sp³-hybridized carbons (Fsp3) is 0.222. The highest BCUT2D eigenvalue weighted by Gasteiger charge is 2.56. The number of hydrogen-bond donors (Lipinski definition) is 2. The summed E-state index contributed by atoms with van der Waals surface area (Å²) in [6.45, 7) is 0. The van der Waals surface area contributed by atoms with E-state index in [1.807, 2.05) is 0 Å². The third kappa shape index (κ3) is 3.68. The first-order valence-electron chi connectivity index (χ1n) is 7.76. The molecule has 0 spiro atoms. The molecule has 2 N–H and O–H groups in total. The smallest absolute Gasteiger partial charge is 0.325 e. The maximum absolute atomic E-state index is 12.9. The second-order valence-electron chi connectivity index (χ2n) is 6.07. The van der Waals surface area contributed by atoms with Crippen LogP contribution in [-0.2, 0) is 15.8 Å². The van der Waals surface area contributed by atoms with E-state index in [-0.39, 0.29) is 5.69 Å². The Morgan fingerprint density at radius 2 is 1.23 bits per heavy atom. The molecule has 3 rings (SSSR count). The van der Waals surface area contributed by atoms with Gasteiger partial charge < -0.3 is 10.6 Å². The topological polar surface area (TPSA) is 58.2 Å². The quantitative estimate of drug-likeness (QED) is 0.629. The van der Waals surface area contributed by atoms with Gasteiger partial charge in [-0.1, -0.05) is 0 Å². The molecule has 1 aliphatic carbocycles. The molecule has 2 aromatic rings. The van der Waals surface area contributed by atoms with Gasteiger partial charge in [-0.3, -0.25) is 9.59 Å². The van der Waals surface area contributed by atoms with Crippen molar-refractivity contribution in [1.82, 2.24) is 0 Å². The zero-order chi connectivity index (χ0) is 18.9. The van der Waals surface area contributed by atoms with E-state index < -0.39 is 34.8 Å². The minimum atomic E-state index is -4.46. The van der Waals surface area contributed by atoms with Crippen molar-refractivity contribution in [3.8, 4) is 0 Å². The molecule has 2 amide bonds. The van der Waals surface area contributed by atoms with Gasteiger partial charge in [0.1, 0.15) is 11.2 Å². The molecule has 0 unspecified atom stereocenters. The van der Waals surface area contributed by atoms with Crippen LogP contribution in [0, 0.1) is 11.2 Å². The number of carbonyl (C=O) groups excluding carboxylic acids is 2. The predicted octanol–water partition coefficient (Wildman–Crippen LogP) is 4.20. The van der Waals surface area contributed by atoms with Crippen molar-refractivity contribution in [2.75, 3.05) is 10.6 Å². The highest BCUT2D eigenvalue weighted by Crippen LogP contribution is 2.47. The van der Waals surface area contributed by atoms with Gasteiger partial charge in [-0.05, 0) is 61.4 Å². The van der Waals surface area contributed by atoms with Crippen LogP contribution in [-0.4, -0.2) is 11.8 Å². The van der Waals surface area contributed by atoms with Crippen molar-refractivity contribution in [3.05, 3.63) is 59.9 Å². The fourth-order valence-electron chi connectivity index (χ4n) is 2.46. The van der Waals surface area contributed by atoms with E-state index in [4.69, 9.17) is 0 Å². The van der Waals surface area contributed by atoms with Gasteiger partial charge in [0.2, 0.25) is 11.8 Å². The molecular weight excluding hydrogens is 352 g/mol. The van der Waals surface area contributed by atoms with Gasteiger partial charge in [-0.2, -0.15) is 13.2 Å². The molecule has 1 aliphatic rings. The Balaban J connectivity index is 1.67. The molecule has 0 aromatic heterocycles. The summed E-state index contributed by atoms with van der Waals surface area (Å²) in [6, 6.07) is 9.08. The highest BCUT2D eigenvalue weighted by atomic mass is 19.4. The van der Waals surface area contributed by atoms with Crippen LogP contribution in [0.2, 0.25) is 0 Å². The minimum absolute atomic E-state index is 0.170. The Morgan fingerprint density at radius 3 is 1.62 bits per heavy atom. The number of hydrogen-bond acceptors (Lipinski definition) is 2. The number of carbonyl (C=O) groups is 2. The number of alkyl halides is 3. The summed E-state index contributed by atoms with van der Waals surface area (Å²) in [6.07, 6.45) is -3.81. The first-order chi connectivity index (χ1) is 12.2. The van der Waals surface area contributed by atoms with Crippen LogP contribution >= 0.6 is 0 Å². The number of amides is 2. The van der Waals surface area contributed by atoms with Crippen LogP contribution < -0.4 is 10.6 Å². The molecule has 26 heavy (non-hydrogen) atoms. The molecule has 8 heteroatoms. The summed E-state index contributed by atoms with van der Waals surface area (Å²) in [5.74, 6) is -1.57. The van der Waals surface area contributed by atoms with Gasteiger partial charge in [-0.15, -0.1) is 0 Å². The van der Waals surface area contributed by atoms with Crippen molar-refractivity contribution < 1.29 is 27.2 Å². The van der Waals surface area contributed by atoms with Crippen LogP contribution in [0.1, 0.15) is 18.4 Å². The maximum Gasteiger partial charge on any atom is 0.416 e. The van der Waals surface area contributed by atoms with Gasteiger partial charge in [0.15, 0.2) is 0 Å². The Kier molecular flexibility index (Phi) is 4.43. The van der Waals surface area contributed by atoms with Crippen molar-refractivity contribution in [3.63, 3.8) is 0 Å². The summed E-state index contributed by atoms with van der Waals surface area (Å²) in [5, 5.41) is 5.02. The molecule has 0 atom stereocenters. The average molecular weight is 366 g/mol. The minimum Gasteiger partial charge on any atom is -0.325 e. The Bertz CT molecular complexity index is 826. The average Bonchev–Trinajstić information content (AvgIpc) is 3.38. The van der Waals surface area contributed by atoms with Crippen molar-refractivity contribution in [2.45, 2.75) is 19.0 Å². The SMILES string of the molecule is O=C(Nc1ccc(F)cc1)C1(C(=O)Nc2ccc(C(F)(F)F)cc2)CC1. The second kappa shape index (κ2) is 6.44. The summed E-state index contributed by atoms with van der Waals surface area (Å²) in [4.78, 5) is 24.8. The maximum atomic E-state index is 12.9. The normalized spacial score (nSPS) is 15.2. The number of nitrogens with one attached hydrogen (secondary N) is 2. The second-order valence-corrected chi connectivity index (χ2v) is 6.07. The van der Waals surface area contributed by atoms with E-state index in [1.165, 1.54) is 24.3 Å². The van der Waals surface area contributed by atoms with Crippen LogP contribution in [0.5, 0.6) is 0 Å². The largest absolute Gasteiger partial charge is 0.416 e. The van der Waals surface area contributed by atoms with E-state index in [0.29, 0.717) is 18.5 Å². The zero-order valence-electron chi connectivity index (χ0n) is 13.4. The van der Waals surface area contributed by atoms with Crippen molar-refractivity contribution >= 4 is 23.2 Å². The highest BCUT2D eigenvalue weighted by molar-refractivity contribution is 6.16. The lowest BCUT2D eigenvalue weighted by atomic mass is 10.0. The van der Waals surface area contributed by atoms with Crippen LogP contribution in [0.15, 0.2) is 48.5 Å². The van der Waals surface area contributed by atoms with Gasteiger partial charge >= 0.3 is 6.18 Å². The van der Waals surface area contributed by atoms with Gasteiger partial charge in [0, 0.05) is 11.4 Å². The first-order valence-corrected chi connectivity index (χ1v) is 7.76. The molecule has 0 radical (unpaired) electrons. The fourth-order valence-corrected chi connectivity index (χ4v) is 2.46. The third-order valence-electron chi connectivity index (χ3n) is 4.19. The molecule has 4 nitrogen and oxygen atoms in total. The lowest BCUT2D eigenvalue weighted by Gasteiger charge is -2.16. The molecular formula is C18H14F4N2O2. The monoisotopic (exact) mass is 366 g/mol. The Morgan fingerprint density at radius 1 is 0.808 bits per heavy atom. The lowest BCUT2D eigenvalue weighted by Crippen LogP contribution is -2.35. The van der Waals surface area contributed by atoms with Gasteiger partial charge in [0.05, 0.1) is 5.56 Å². The summed E-state index contributed by atoms with van der Waals surface area (Å²) in [5.41, 5.74) is -1.57. The van der Waals surface area contributed by atoms with E-state index in [9.17, 15) is 27.2 Å². The molecule has 2 aromatic carbocycles. The van der Waals surface area contributed by atoms with E-state index in [2.05, 4.69) is 10.6 Å². The number of benzene rings is 2. The number of rotatable bonds is 4. The number of halogens is 4. The zero-order valence-corrected chi connectivity index (χ0v) is 13.4. The van der Waals surface area contributed by atoms with Crippen molar-refractivity contribution in [2.24, 2.45) is 5.41 Å². The predicted molar refractivity (Wildman–Crippen MR) is 86.8 cm³/mol.